The number of aryl methyl sites for hydroxylation is 1. The summed E-state index contributed by atoms with van der Waals surface area (Å²) in [6.07, 6.45) is 0. The van der Waals surface area contributed by atoms with Gasteiger partial charge in [0.2, 0.25) is 0 Å². The van der Waals surface area contributed by atoms with Crippen LogP contribution in [-0.4, -0.2) is 4.98 Å². The van der Waals surface area contributed by atoms with Crippen LogP contribution in [0, 0.1) is 6.92 Å². The van der Waals surface area contributed by atoms with E-state index >= 15 is 0 Å². The Labute approximate surface area is 123 Å². The molecule has 100 valence electrons. The van der Waals surface area contributed by atoms with Gasteiger partial charge in [0.25, 0.3) is 0 Å². The summed E-state index contributed by atoms with van der Waals surface area (Å²) in [6.45, 7) is 2.03. The monoisotopic (exact) mass is 269 g/mol. The fraction of sp³-hybridized carbons (Fsp3) is 0.0500. The van der Waals surface area contributed by atoms with Gasteiger partial charge in [-0.1, -0.05) is 54.6 Å². The molecule has 0 aliphatic heterocycles. The largest absolute Gasteiger partial charge is 0.253 e. The zero-order chi connectivity index (χ0) is 14.2. The molecule has 21 heavy (non-hydrogen) atoms. The molecule has 4 rings (SSSR count). The second-order valence-electron chi connectivity index (χ2n) is 5.39. The second-order valence-corrected chi connectivity index (χ2v) is 5.39. The van der Waals surface area contributed by atoms with Gasteiger partial charge >= 0.3 is 0 Å². The summed E-state index contributed by atoms with van der Waals surface area (Å²) in [7, 11) is 0. The van der Waals surface area contributed by atoms with Crippen molar-refractivity contribution in [2.45, 2.75) is 6.92 Å². The first-order chi connectivity index (χ1) is 10.3. The van der Waals surface area contributed by atoms with E-state index in [-0.39, 0.29) is 0 Å². The predicted octanol–water partition coefficient (Wildman–Crippen LogP) is 5.36. The number of hydrogen-bond acceptors (Lipinski definition) is 1. The zero-order valence-corrected chi connectivity index (χ0v) is 11.9. The Hall–Kier alpha value is -2.67. The molecular weight excluding hydrogens is 254 g/mol. The number of nitrogens with zero attached hydrogens (tertiary/aromatic N) is 1. The third kappa shape index (κ3) is 2.07. The lowest BCUT2D eigenvalue weighted by atomic mass is 9.97. The highest BCUT2D eigenvalue weighted by atomic mass is 14.7. The van der Waals surface area contributed by atoms with E-state index in [1.165, 1.54) is 27.3 Å². The summed E-state index contributed by atoms with van der Waals surface area (Å²) in [5.74, 6) is 0. The molecule has 0 atom stereocenters. The van der Waals surface area contributed by atoms with Crippen molar-refractivity contribution in [3.05, 3.63) is 78.5 Å². The maximum absolute atomic E-state index is 4.57. The van der Waals surface area contributed by atoms with Gasteiger partial charge in [0.1, 0.15) is 0 Å². The fourth-order valence-electron chi connectivity index (χ4n) is 2.87. The van der Waals surface area contributed by atoms with Crippen LogP contribution >= 0.6 is 0 Å². The second kappa shape index (κ2) is 4.71. The number of aromatic nitrogens is 1. The Balaban J connectivity index is 1.98. The van der Waals surface area contributed by atoms with Crippen LogP contribution < -0.4 is 0 Å². The van der Waals surface area contributed by atoms with E-state index in [4.69, 9.17) is 0 Å². The van der Waals surface area contributed by atoms with Crippen LogP contribution in [0.3, 0.4) is 0 Å². The molecule has 3 aromatic carbocycles. The third-order valence-electron chi connectivity index (χ3n) is 3.93. The molecule has 0 amide bonds. The van der Waals surface area contributed by atoms with Crippen LogP contribution in [0.2, 0.25) is 0 Å². The summed E-state index contributed by atoms with van der Waals surface area (Å²) < 4.78 is 0. The molecule has 1 nitrogen and oxygen atoms in total. The summed E-state index contributed by atoms with van der Waals surface area (Å²) in [6, 6.07) is 25.7. The van der Waals surface area contributed by atoms with E-state index in [0.29, 0.717) is 0 Å². The summed E-state index contributed by atoms with van der Waals surface area (Å²) >= 11 is 0. The molecule has 4 aromatic rings. The van der Waals surface area contributed by atoms with Crippen molar-refractivity contribution in [2.75, 3.05) is 0 Å². The van der Waals surface area contributed by atoms with Crippen molar-refractivity contribution in [2.24, 2.45) is 0 Å². The summed E-state index contributed by atoms with van der Waals surface area (Å²) in [4.78, 5) is 4.57. The first kappa shape index (κ1) is 12.1. The van der Waals surface area contributed by atoms with E-state index in [1.807, 2.05) is 6.92 Å². The van der Waals surface area contributed by atoms with Gasteiger partial charge < -0.3 is 0 Å². The van der Waals surface area contributed by atoms with Crippen molar-refractivity contribution in [1.29, 1.82) is 0 Å². The van der Waals surface area contributed by atoms with Crippen LogP contribution in [0.1, 0.15) is 5.69 Å². The molecule has 0 bridgehead atoms. The Morgan fingerprint density at radius 3 is 2.52 bits per heavy atom. The van der Waals surface area contributed by atoms with Crippen molar-refractivity contribution in [3.63, 3.8) is 0 Å². The van der Waals surface area contributed by atoms with Gasteiger partial charge in [-0.25, -0.2) is 0 Å². The smallest absolute Gasteiger partial charge is 0.0705 e. The standard InChI is InChI=1S/C20H15N/c1-14-9-10-17-13-16(11-12-20(17)21-14)19-8-4-6-15-5-2-3-7-18(15)19/h2-13H,1H3. The lowest BCUT2D eigenvalue weighted by Gasteiger charge is -2.08. The molecule has 1 heterocycles. The Morgan fingerprint density at radius 2 is 1.57 bits per heavy atom. The molecule has 0 spiro atoms. The molecule has 0 unspecified atom stereocenters. The van der Waals surface area contributed by atoms with Crippen LogP contribution in [0.5, 0.6) is 0 Å². The summed E-state index contributed by atoms with van der Waals surface area (Å²) in [5, 5.41) is 3.75. The number of hydrogen-bond donors (Lipinski definition) is 0. The molecule has 1 aromatic heterocycles. The first-order valence-electron chi connectivity index (χ1n) is 7.17. The van der Waals surface area contributed by atoms with Crippen LogP contribution in [0.15, 0.2) is 72.8 Å². The van der Waals surface area contributed by atoms with Crippen molar-refractivity contribution in [1.82, 2.24) is 4.98 Å². The highest BCUT2D eigenvalue weighted by Crippen LogP contribution is 2.30. The van der Waals surface area contributed by atoms with Crippen LogP contribution in [0.25, 0.3) is 32.8 Å². The van der Waals surface area contributed by atoms with Crippen molar-refractivity contribution >= 4 is 21.7 Å². The topological polar surface area (TPSA) is 12.9 Å². The molecule has 0 saturated heterocycles. The minimum absolute atomic E-state index is 1.05. The predicted molar refractivity (Wildman–Crippen MR) is 89.4 cm³/mol. The van der Waals surface area contributed by atoms with Gasteiger partial charge in [0, 0.05) is 11.1 Å². The first-order valence-corrected chi connectivity index (χ1v) is 7.17. The lowest BCUT2D eigenvalue weighted by molar-refractivity contribution is 1.26. The van der Waals surface area contributed by atoms with E-state index < -0.39 is 0 Å². The highest BCUT2D eigenvalue weighted by Gasteiger charge is 2.04. The number of pyridine rings is 1. The van der Waals surface area contributed by atoms with E-state index in [1.54, 1.807) is 0 Å². The lowest BCUT2D eigenvalue weighted by Crippen LogP contribution is -1.85. The molecular formula is C20H15N. The minimum Gasteiger partial charge on any atom is -0.253 e. The normalized spacial score (nSPS) is 11.1. The quantitative estimate of drug-likeness (QED) is 0.453. The molecule has 1 heteroatoms. The molecule has 0 N–H and O–H groups in total. The highest BCUT2D eigenvalue weighted by molar-refractivity contribution is 5.98. The average molecular weight is 269 g/mol. The maximum atomic E-state index is 4.57. The SMILES string of the molecule is Cc1ccc2cc(-c3cccc4ccccc34)ccc2n1. The van der Waals surface area contributed by atoms with Gasteiger partial charge in [-0.05, 0) is 47.0 Å². The van der Waals surface area contributed by atoms with Crippen molar-refractivity contribution in [3.8, 4) is 11.1 Å². The van der Waals surface area contributed by atoms with E-state index in [2.05, 4.69) is 77.8 Å². The summed E-state index contributed by atoms with van der Waals surface area (Å²) in [5.41, 5.74) is 4.62. The fourth-order valence-corrected chi connectivity index (χ4v) is 2.87. The average Bonchev–Trinajstić information content (AvgIpc) is 2.54. The van der Waals surface area contributed by atoms with Crippen LogP contribution in [-0.2, 0) is 0 Å². The van der Waals surface area contributed by atoms with Gasteiger partial charge in [0.05, 0.1) is 5.52 Å². The van der Waals surface area contributed by atoms with E-state index in [9.17, 15) is 0 Å². The van der Waals surface area contributed by atoms with Crippen molar-refractivity contribution < 1.29 is 0 Å². The van der Waals surface area contributed by atoms with Crippen LogP contribution in [0.4, 0.5) is 0 Å². The number of rotatable bonds is 1. The number of fused-ring (bicyclic) bond motifs is 2. The molecule has 0 aliphatic carbocycles. The maximum Gasteiger partial charge on any atom is 0.0705 e. The Kier molecular flexibility index (Phi) is 2.71. The molecule has 0 aliphatic rings. The molecule has 0 saturated carbocycles. The minimum atomic E-state index is 1.05. The number of benzene rings is 3. The van der Waals surface area contributed by atoms with Gasteiger partial charge in [-0.15, -0.1) is 0 Å². The third-order valence-corrected chi connectivity index (χ3v) is 3.93. The Bertz CT molecular complexity index is 949. The zero-order valence-electron chi connectivity index (χ0n) is 11.9. The van der Waals surface area contributed by atoms with Gasteiger partial charge in [0.15, 0.2) is 0 Å². The van der Waals surface area contributed by atoms with Gasteiger partial charge in [-0.2, -0.15) is 0 Å². The Morgan fingerprint density at radius 1 is 0.714 bits per heavy atom. The molecule has 0 fully saturated rings. The van der Waals surface area contributed by atoms with Gasteiger partial charge in [-0.3, -0.25) is 4.98 Å². The van der Waals surface area contributed by atoms with E-state index in [0.717, 1.165) is 11.2 Å². The molecule has 0 radical (unpaired) electrons.